The largest absolute Gasteiger partial charge is 0.497 e. The molecule has 2 rings (SSSR count). The molecule has 20 heavy (non-hydrogen) atoms. The monoisotopic (exact) mass is 273 g/mol. The zero-order valence-corrected chi connectivity index (χ0v) is 11.2. The number of benzene rings is 1. The number of methoxy groups -OCH3 is 2. The van der Waals surface area contributed by atoms with Gasteiger partial charge in [-0.3, -0.25) is 0 Å². The maximum atomic E-state index is 10.7. The second-order valence-corrected chi connectivity index (χ2v) is 4.08. The quantitative estimate of drug-likeness (QED) is 0.499. The van der Waals surface area contributed by atoms with Crippen molar-refractivity contribution in [1.29, 1.82) is 0 Å². The predicted octanol–water partition coefficient (Wildman–Crippen LogP) is 2.80. The van der Waals surface area contributed by atoms with Crippen molar-refractivity contribution in [3.63, 3.8) is 0 Å². The highest BCUT2D eigenvalue weighted by Crippen LogP contribution is 2.21. The SMILES string of the molecule is COC(=CC=Cc1cc2cc(OC)ccc2[nH]1)C(=O)O. The summed E-state index contributed by atoms with van der Waals surface area (Å²) in [5.74, 6) is -0.419. The molecular formula is C15H15NO4. The molecule has 5 heteroatoms. The van der Waals surface area contributed by atoms with Crippen molar-refractivity contribution in [2.75, 3.05) is 14.2 Å². The van der Waals surface area contributed by atoms with Gasteiger partial charge in [0.1, 0.15) is 5.75 Å². The molecular weight excluding hydrogens is 258 g/mol. The molecule has 5 nitrogen and oxygen atoms in total. The van der Waals surface area contributed by atoms with Gasteiger partial charge in [-0.1, -0.05) is 6.08 Å². The second kappa shape index (κ2) is 5.97. The molecule has 0 radical (unpaired) electrons. The van der Waals surface area contributed by atoms with Crippen LogP contribution in [-0.4, -0.2) is 30.3 Å². The van der Waals surface area contributed by atoms with Gasteiger partial charge in [0.2, 0.25) is 5.76 Å². The Morgan fingerprint density at radius 1 is 1.30 bits per heavy atom. The number of aromatic nitrogens is 1. The van der Waals surface area contributed by atoms with Crippen molar-refractivity contribution in [3.8, 4) is 5.75 Å². The molecule has 1 heterocycles. The lowest BCUT2D eigenvalue weighted by Crippen LogP contribution is -2.01. The Morgan fingerprint density at radius 3 is 2.75 bits per heavy atom. The first-order valence-electron chi connectivity index (χ1n) is 5.96. The van der Waals surface area contributed by atoms with E-state index in [0.29, 0.717) is 0 Å². The number of ether oxygens (including phenoxy) is 2. The topological polar surface area (TPSA) is 71.5 Å². The fraction of sp³-hybridized carbons (Fsp3) is 0.133. The standard InChI is InChI=1S/C15H15NO4/c1-19-12-6-7-13-10(9-12)8-11(16-13)4-3-5-14(20-2)15(17)18/h3-9,16H,1-2H3,(H,17,18). The molecule has 1 aromatic carbocycles. The van der Waals surface area contributed by atoms with Crippen molar-refractivity contribution >= 4 is 22.9 Å². The van der Waals surface area contributed by atoms with Crippen molar-refractivity contribution in [1.82, 2.24) is 4.98 Å². The van der Waals surface area contributed by atoms with E-state index in [2.05, 4.69) is 4.98 Å². The van der Waals surface area contributed by atoms with Gasteiger partial charge in [0.25, 0.3) is 0 Å². The third-order valence-electron chi connectivity index (χ3n) is 2.80. The Labute approximate surface area is 116 Å². The van der Waals surface area contributed by atoms with Gasteiger partial charge in [0.05, 0.1) is 14.2 Å². The highest BCUT2D eigenvalue weighted by Gasteiger charge is 2.04. The number of rotatable bonds is 5. The van der Waals surface area contributed by atoms with E-state index < -0.39 is 5.97 Å². The van der Waals surface area contributed by atoms with Crippen LogP contribution in [0.2, 0.25) is 0 Å². The molecule has 1 aromatic heterocycles. The summed E-state index contributed by atoms with van der Waals surface area (Å²) in [6, 6.07) is 7.69. The molecule has 2 N–H and O–H groups in total. The lowest BCUT2D eigenvalue weighted by molar-refractivity contribution is -0.136. The van der Waals surface area contributed by atoms with Gasteiger partial charge < -0.3 is 19.6 Å². The van der Waals surface area contributed by atoms with E-state index in [4.69, 9.17) is 14.6 Å². The van der Waals surface area contributed by atoms with Gasteiger partial charge in [0, 0.05) is 16.6 Å². The molecule has 0 atom stereocenters. The number of nitrogens with one attached hydrogen (secondary N) is 1. The van der Waals surface area contributed by atoms with E-state index in [-0.39, 0.29) is 5.76 Å². The first-order valence-corrected chi connectivity index (χ1v) is 5.96. The molecule has 0 aliphatic carbocycles. The third kappa shape index (κ3) is 3.00. The van der Waals surface area contributed by atoms with Gasteiger partial charge in [-0.15, -0.1) is 0 Å². The maximum Gasteiger partial charge on any atom is 0.371 e. The van der Waals surface area contributed by atoms with Crippen LogP contribution in [0.1, 0.15) is 5.69 Å². The summed E-state index contributed by atoms with van der Waals surface area (Å²) in [6.45, 7) is 0. The molecule has 0 unspecified atom stereocenters. The van der Waals surface area contributed by atoms with E-state index in [1.54, 1.807) is 19.3 Å². The van der Waals surface area contributed by atoms with Crippen LogP contribution >= 0.6 is 0 Å². The first-order chi connectivity index (χ1) is 9.63. The number of aromatic amines is 1. The van der Waals surface area contributed by atoms with Gasteiger partial charge >= 0.3 is 5.97 Å². The van der Waals surface area contributed by atoms with Crippen LogP contribution in [0.15, 0.2) is 42.2 Å². The zero-order valence-electron chi connectivity index (χ0n) is 11.2. The second-order valence-electron chi connectivity index (χ2n) is 4.08. The molecule has 2 aromatic rings. The number of fused-ring (bicyclic) bond motifs is 1. The number of hydrogen-bond donors (Lipinski definition) is 2. The Morgan fingerprint density at radius 2 is 2.10 bits per heavy atom. The van der Waals surface area contributed by atoms with E-state index in [1.807, 2.05) is 24.3 Å². The summed E-state index contributed by atoms with van der Waals surface area (Å²) in [6.07, 6.45) is 4.79. The van der Waals surface area contributed by atoms with Crippen molar-refractivity contribution < 1.29 is 19.4 Å². The summed E-state index contributed by atoms with van der Waals surface area (Å²) in [5, 5.41) is 9.82. The predicted molar refractivity (Wildman–Crippen MR) is 76.6 cm³/mol. The molecule has 0 bridgehead atoms. The Balaban J connectivity index is 2.23. The fourth-order valence-electron chi connectivity index (χ4n) is 1.82. The van der Waals surface area contributed by atoms with Crippen LogP contribution in [0.25, 0.3) is 17.0 Å². The van der Waals surface area contributed by atoms with Crippen molar-refractivity contribution in [2.24, 2.45) is 0 Å². The summed E-state index contributed by atoms with van der Waals surface area (Å²) < 4.78 is 9.88. The summed E-state index contributed by atoms with van der Waals surface area (Å²) in [7, 11) is 2.95. The zero-order chi connectivity index (χ0) is 14.5. The number of carbonyl (C=O) groups is 1. The smallest absolute Gasteiger partial charge is 0.371 e. The average molecular weight is 273 g/mol. The Kier molecular flexibility index (Phi) is 4.10. The minimum Gasteiger partial charge on any atom is -0.497 e. The summed E-state index contributed by atoms with van der Waals surface area (Å²) in [4.78, 5) is 13.9. The number of carboxylic acids is 1. The van der Waals surface area contributed by atoms with Gasteiger partial charge in [-0.25, -0.2) is 4.79 Å². The molecule has 0 aliphatic heterocycles. The highest BCUT2D eigenvalue weighted by atomic mass is 16.5. The van der Waals surface area contributed by atoms with Crippen LogP contribution in [0.4, 0.5) is 0 Å². The lowest BCUT2D eigenvalue weighted by Gasteiger charge is -1.97. The van der Waals surface area contributed by atoms with E-state index in [1.165, 1.54) is 13.2 Å². The molecule has 0 aliphatic rings. The molecule has 0 fully saturated rings. The van der Waals surface area contributed by atoms with E-state index in [9.17, 15) is 4.79 Å². The first kappa shape index (κ1) is 13.7. The molecule has 0 spiro atoms. The lowest BCUT2D eigenvalue weighted by atomic mass is 10.2. The van der Waals surface area contributed by atoms with Crippen LogP contribution < -0.4 is 4.74 Å². The third-order valence-corrected chi connectivity index (χ3v) is 2.80. The average Bonchev–Trinajstić information content (AvgIpc) is 2.84. The van der Waals surface area contributed by atoms with Crippen LogP contribution in [0, 0.1) is 0 Å². The van der Waals surface area contributed by atoms with Crippen LogP contribution in [0.5, 0.6) is 5.75 Å². The Bertz CT molecular complexity index is 682. The highest BCUT2D eigenvalue weighted by molar-refractivity contribution is 5.85. The molecule has 0 amide bonds. The number of aliphatic carboxylic acids is 1. The van der Waals surface area contributed by atoms with E-state index >= 15 is 0 Å². The van der Waals surface area contributed by atoms with Crippen molar-refractivity contribution in [2.45, 2.75) is 0 Å². The number of hydrogen-bond acceptors (Lipinski definition) is 3. The maximum absolute atomic E-state index is 10.7. The van der Waals surface area contributed by atoms with Crippen molar-refractivity contribution in [3.05, 3.63) is 47.9 Å². The minimum absolute atomic E-state index is 0.112. The number of allylic oxidation sites excluding steroid dienone is 2. The molecule has 0 saturated carbocycles. The normalized spacial score (nSPS) is 12.0. The molecule has 0 saturated heterocycles. The fourth-order valence-corrected chi connectivity index (χ4v) is 1.82. The van der Waals surface area contributed by atoms with Gasteiger partial charge in [-0.2, -0.15) is 0 Å². The summed E-state index contributed by atoms with van der Waals surface area (Å²) >= 11 is 0. The van der Waals surface area contributed by atoms with E-state index in [0.717, 1.165) is 22.3 Å². The minimum atomic E-state index is -1.10. The summed E-state index contributed by atoms with van der Waals surface area (Å²) in [5.41, 5.74) is 1.85. The van der Waals surface area contributed by atoms with Gasteiger partial charge in [-0.05, 0) is 36.4 Å². The van der Waals surface area contributed by atoms with Crippen LogP contribution in [-0.2, 0) is 9.53 Å². The van der Waals surface area contributed by atoms with Gasteiger partial charge in [0.15, 0.2) is 0 Å². The number of carboxylic acid groups (broad SMARTS) is 1. The number of H-pyrrole nitrogens is 1. The van der Waals surface area contributed by atoms with Crippen LogP contribution in [0.3, 0.4) is 0 Å². The Hall–Kier alpha value is -2.69. The molecule has 104 valence electrons.